The van der Waals surface area contributed by atoms with Gasteiger partial charge in [-0.1, -0.05) is 36.4 Å². The summed E-state index contributed by atoms with van der Waals surface area (Å²) < 4.78 is 35.0. The number of benzene rings is 3. The molecule has 180 valence electrons. The second-order valence-electron chi connectivity index (χ2n) is 7.34. The second-order valence-corrected chi connectivity index (χ2v) is 9.17. The van der Waals surface area contributed by atoms with Crippen molar-refractivity contribution in [1.82, 2.24) is 9.78 Å². The number of nitrogens with zero attached hydrogens (tertiary/aromatic N) is 5. The molecule has 0 aliphatic carbocycles. The number of para-hydroxylation sites is 2. The van der Waals surface area contributed by atoms with Crippen LogP contribution in [0.25, 0.3) is 5.69 Å². The molecule has 1 heterocycles. The second kappa shape index (κ2) is 9.85. The molecule has 3 N–H and O–H groups in total. The fraction of sp³-hybridized carbons (Fsp3) is 0.125. The van der Waals surface area contributed by atoms with Crippen LogP contribution >= 0.6 is 0 Å². The maximum atomic E-state index is 13.6. The Bertz CT molecular complexity index is 1450. The molecule has 0 atom stereocenters. The first-order valence-electron chi connectivity index (χ1n) is 10.7. The number of anilines is 2. The predicted molar refractivity (Wildman–Crippen MR) is 133 cm³/mol. The van der Waals surface area contributed by atoms with Crippen molar-refractivity contribution in [2.45, 2.75) is 11.8 Å². The fourth-order valence-corrected chi connectivity index (χ4v) is 5.07. The van der Waals surface area contributed by atoms with Crippen LogP contribution in [0.3, 0.4) is 0 Å². The van der Waals surface area contributed by atoms with Crippen molar-refractivity contribution in [3.63, 3.8) is 0 Å². The third-order valence-corrected chi connectivity index (χ3v) is 7.14. The van der Waals surface area contributed by atoms with Crippen molar-refractivity contribution in [3.05, 3.63) is 78.9 Å². The fourth-order valence-electron chi connectivity index (χ4n) is 3.49. The molecular weight excluding hydrogens is 468 g/mol. The number of nitrogens with two attached hydrogens (primary N) is 1. The van der Waals surface area contributed by atoms with E-state index in [2.05, 4.69) is 15.3 Å². The Labute approximate surface area is 203 Å². The van der Waals surface area contributed by atoms with Crippen LogP contribution in [0.1, 0.15) is 6.92 Å². The first-order chi connectivity index (χ1) is 16.9. The molecule has 3 aromatic carbocycles. The molecule has 10 nitrogen and oxygen atoms in total. The van der Waals surface area contributed by atoms with Gasteiger partial charge in [-0.25, -0.2) is 8.42 Å². The van der Waals surface area contributed by atoms with Crippen LogP contribution in [0.2, 0.25) is 0 Å². The lowest BCUT2D eigenvalue weighted by Crippen LogP contribution is -2.30. The summed E-state index contributed by atoms with van der Waals surface area (Å²) >= 11 is 0. The number of methoxy groups -OCH3 is 1. The normalized spacial score (nSPS) is 11.6. The summed E-state index contributed by atoms with van der Waals surface area (Å²) in [6, 6.07) is 22.0. The first-order valence-corrected chi connectivity index (χ1v) is 12.1. The van der Waals surface area contributed by atoms with E-state index >= 15 is 0 Å². The number of hydrogen-bond donors (Lipinski definition) is 2. The van der Waals surface area contributed by atoms with Crippen molar-refractivity contribution in [2.75, 3.05) is 23.7 Å². The third-order valence-electron chi connectivity index (χ3n) is 5.19. The van der Waals surface area contributed by atoms with Crippen LogP contribution in [0, 0.1) is 0 Å². The number of azo groups is 1. The van der Waals surface area contributed by atoms with Crippen molar-refractivity contribution >= 4 is 32.9 Å². The summed E-state index contributed by atoms with van der Waals surface area (Å²) in [5.74, 6) is -0.0102. The smallest absolute Gasteiger partial charge is 0.266 e. The summed E-state index contributed by atoms with van der Waals surface area (Å²) in [5.41, 5.74) is 6.99. The van der Waals surface area contributed by atoms with E-state index in [9.17, 15) is 13.5 Å². The molecule has 35 heavy (non-hydrogen) atoms. The van der Waals surface area contributed by atoms with Gasteiger partial charge in [-0.3, -0.25) is 4.31 Å². The molecule has 1 aromatic heterocycles. The quantitative estimate of drug-likeness (QED) is 0.339. The van der Waals surface area contributed by atoms with Gasteiger partial charge in [0.2, 0.25) is 5.88 Å². The highest BCUT2D eigenvalue weighted by Gasteiger charge is 2.27. The monoisotopic (exact) mass is 492 g/mol. The lowest BCUT2D eigenvalue weighted by Gasteiger charge is -2.23. The Morgan fingerprint density at radius 1 is 1.03 bits per heavy atom. The number of ether oxygens (including phenoxy) is 1. The summed E-state index contributed by atoms with van der Waals surface area (Å²) in [6.45, 7) is 1.94. The Kier molecular flexibility index (Phi) is 6.69. The minimum Gasteiger partial charge on any atom is -0.497 e. The van der Waals surface area contributed by atoms with Crippen molar-refractivity contribution in [1.29, 1.82) is 0 Å². The van der Waals surface area contributed by atoms with Gasteiger partial charge in [0.25, 0.3) is 10.0 Å². The van der Waals surface area contributed by atoms with Crippen LogP contribution in [-0.4, -0.2) is 37.0 Å². The zero-order chi connectivity index (χ0) is 25.0. The van der Waals surface area contributed by atoms with E-state index < -0.39 is 10.0 Å². The zero-order valence-electron chi connectivity index (χ0n) is 19.1. The van der Waals surface area contributed by atoms with Crippen LogP contribution in [0.5, 0.6) is 11.6 Å². The number of hydrogen-bond acceptors (Lipinski definition) is 8. The minimum absolute atomic E-state index is 0.0185. The van der Waals surface area contributed by atoms with Crippen LogP contribution in [-0.2, 0) is 10.0 Å². The van der Waals surface area contributed by atoms with Crippen molar-refractivity contribution < 1.29 is 18.3 Å². The van der Waals surface area contributed by atoms with Gasteiger partial charge in [0.05, 0.1) is 18.5 Å². The SMILES string of the molecule is CCN(c1ccccc1)S(=O)(=O)c1ccc(OC)cc1/N=N/c1c(N)nn(-c2ccccc2)c1O. The number of nitrogen functional groups attached to an aromatic ring is 1. The zero-order valence-corrected chi connectivity index (χ0v) is 19.9. The lowest BCUT2D eigenvalue weighted by atomic mass is 10.3. The van der Waals surface area contributed by atoms with Crippen molar-refractivity contribution in [2.24, 2.45) is 10.2 Å². The lowest BCUT2D eigenvalue weighted by molar-refractivity contribution is 0.414. The highest BCUT2D eigenvalue weighted by molar-refractivity contribution is 7.93. The van der Waals surface area contributed by atoms with Crippen molar-refractivity contribution in [3.8, 4) is 17.3 Å². The third kappa shape index (κ3) is 4.66. The molecule has 0 bridgehead atoms. The molecule has 0 fully saturated rings. The Morgan fingerprint density at radius 3 is 2.31 bits per heavy atom. The first kappa shape index (κ1) is 23.8. The van der Waals surface area contributed by atoms with Crippen LogP contribution in [0.4, 0.5) is 22.9 Å². The average molecular weight is 493 g/mol. The molecular formula is C24H24N6O4S. The van der Waals surface area contributed by atoms with E-state index in [-0.39, 0.29) is 34.5 Å². The van der Waals surface area contributed by atoms with Crippen LogP contribution < -0.4 is 14.8 Å². The molecule has 4 aromatic rings. The van der Waals surface area contributed by atoms with E-state index in [0.717, 1.165) is 0 Å². The van der Waals surface area contributed by atoms with Gasteiger partial charge in [0.1, 0.15) is 16.3 Å². The molecule has 0 spiro atoms. The summed E-state index contributed by atoms with van der Waals surface area (Å²) in [5, 5.41) is 23.0. The van der Waals surface area contributed by atoms with Gasteiger partial charge < -0.3 is 15.6 Å². The predicted octanol–water partition coefficient (Wildman–Crippen LogP) is 4.80. The van der Waals surface area contributed by atoms with Gasteiger partial charge in [0, 0.05) is 12.6 Å². The topological polar surface area (TPSA) is 135 Å². The van der Waals surface area contributed by atoms with E-state index in [0.29, 0.717) is 17.1 Å². The summed E-state index contributed by atoms with van der Waals surface area (Å²) in [6.07, 6.45) is 0. The molecule has 0 unspecified atom stereocenters. The summed E-state index contributed by atoms with van der Waals surface area (Å²) in [7, 11) is -2.55. The number of aromatic nitrogens is 2. The van der Waals surface area contributed by atoms with Gasteiger partial charge in [-0.2, -0.15) is 4.68 Å². The Balaban J connectivity index is 1.79. The maximum Gasteiger partial charge on any atom is 0.266 e. The number of rotatable bonds is 8. The van der Waals surface area contributed by atoms with E-state index in [1.165, 1.54) is 34.3 Å². The molecule has 0 radical (unpaired) electrons. The number of aromatic hydroxyl groups is 1. The molecule has 4 rings (SSSR count). The highest BCUT2D eigenvalue weighted by atomic mass is 32.2. The van der Waals surface area contributed by atoms with E-state index in [1.807, 2.05) is 12.1 Å². The van der Waals surface area contributed by atoms with Gasteiger partial charge in [-0.05, 0) is 43.3 Å². The molecule has 11 heteroatoms. The maximum absolute atomic E-state index is 13.6. The summed E-state index contributed by atoms with van der Waals surface area (Å²) in [4.78, 5) is -0.0822. The molecule has 0 saturated carbocycles. The molecule has 0 aliphatic heterocycles. The molecule has 0 saturated heterocycles. The van der Waals surface area contributed by atoms with Gasteiger partial charge >= 0.3 is 0 Å². The minimum atomic E-state index is -4.01. The Hall–Kier alpha value is -4.38. The van der Waals surface area contributed by atoms with E-state index in [4.69, 9.17) is 10.5 Å². The number of sulfonamides is 1. The van der Waals surface area contributed by atoms with Gasteiger partial charge in [0.15, 0.2) is 11.5 Å². The van der Waals surface area contributed by atoms with E-state index in [1.54, 1.807) is 55.5 Å². The highest BCUT2D eigenvalue weighted by Crippen LogP contribution is 2.38. The average Bonchev–Trinajstić information content (AvgIpc) is 3.16. The van der Waals surface area contributed by atoms with Gasteiger partial charge in [-0.15, -0.1) is 15.3 Å². The van der Waals surface area contributed by atoms with Crippen LogP contribution in [0.15, 0.2) is 94.0 Å². The standard InChI is InChI=1S/C24H24N6O4S/c1-3-29(17-10-6-4-7-11-17)35(32,33)21-15-14-19(34-2)16-20(21)26-27-22-23(25)28-30(24(22)31)18-12-8-5-9-13-18/h4-16,31H,3H2,1-2H3,(H2,25,28)/b27-26+. The molecule has 0 amide bonds. The molecule has 0 aliphatic rings. The Morgan fingerprint density at radius 2 is 1.69 bits per heavy atom. The largest absolute Gasteiger partial charge is 0.497 e.